The van der Waals surface area contributed by atoms with Crippen LogP contribution in [0.4, 0.5) is 0 Å². The molecule has 1 aliphatic carbocycles. The summed E-state index contributed by atoms with van der Waals surface area (Å²) in [7, 11) is 0. The van der Waals surface area contributed by atoms with Crippen molar-refractivity contribution in [3.8, 4) is 0 Å². The van der Waals surface area contributed by atoms with Crippen molar-refractivity contribution in [1.29, 1.82) is 0 Å². The van der Waals surface area contributed by atoms with Gasteiger partial charge >= 0.3 is 5.97 Å². The summed E-state index contributed by atoms with van der Waals surface area (Å²) in [5.41, 5.74) is 0. The Labute approximate surface area is 105 Å². The molecule has 0 amide bonds. The van der Waals surface area contributed by atoms with E-state index >= 15 is 0 Å². The van der Waals surface area contributed by atoms with E-state index < -0.39 is 0 Å². The first-order chi connectivity index (χ1) is 8.27. The van der Waals surface area contributed by atoms with Gasteiger partial charge < -0.3 is 9.47 Å². The summed E-state index contributed by atoms with van der Waals surface area (Å²) in [6.07, 6.45) is 8.81. The monoisotopic (exact) mass is 242 g/mol. The lowest BCUT2D eigenvalue weighted by atomic mass is 9.97. The van der Waals surface area contributed by atoms with Crippen LogP contribution in [0.2, 0.25) is 0 Å². The van der Waals surface area contributed by atoms with Gasteiger partial charge in [-0.25, -0.2) is 4.79 Å². The van der Waals surface area contributed by atoms with Crippen LogP contribution < -0.4 is 0 Å². The molecule has 1 aliphatic rings. The van der Waals surface area contributed by atoms with E-state index in [4.69, 9.17) is 9.47 Å². The van der Waals surface area contributed by atoms with Crippen molar-refractivity contribution >= 4 is 5.97 Å². The molecule has 1 atom stereocenters. The molecule has 0 aromatic heterocycles. The van der Waals surface area contributed by atoms with Gasteiger partial charge in [0.25, 0.3) is 0 Å². The van der Waals surface area contributed by atoms with Gasteiger partial charge in [-0.05, 0) is 26.2 Å². The summed E-state index contributed by atoms with van der Waals surface area (Å²) in [5.74, 6) is -0.175. The fourth-order valence-corrected chi connectivity index (χ4v) is 2.30. The van der Waals surface area contributed by atoms with Crippen molar-refractivity contribution in [2.24, 2.45) is 0 Å². The minimum atomic E-state index is -0.335. The molecule has 0 heterocycles. The van der Waals surface area contributed by atoms with Crippen LogP contribution in [0.15, 0.2) is 0 Å². The first-order valence-electron chi connectivity index (χ1n) is 7.10. The maximum absolute atomic E-state index is 11.8. The quantitative estimate of drug-likeness (QED) is 0.641. The van der Waals surface area contributed by atoms with Gasteiger partial charge in [0.2, 0.25) is 0 Å². The van der Waals surface area contributed by atoms with Gasteiger partial charge in [-0.3, -0.25) is 0 Å². The number of carbonyl (C=O) groups is 1. The normalized spacial score (nSPS) is 18.9. The summed E-state index contributed by atoms with van der Waals surface area (Å²) in [5, 5.41) is 0. The lowest BCUT2D eigenvalue weighted by Gasteiger charge is -2.26. The third-order valence-electron chi connectivity index (χ3n) is 3.28. The highest BCUT2D eigenvalue weighted by molar-refractivity contribution is 5.74. The summed E-state index contributed by atoms with van der Waals surface area (Å²) in [6.45, 7) is 4.41. The van der Waals surface area contributed by atoms with E-state index in [0.29, 0.717) is 6.61 Å². The number of unbranched alkanes of at least 4 members (excludes halogenated alkanes) is 1. The first kappa shape index (κ1) is 14.5. The molecule has 0 N–H and O–H groups in total. The van der Waals surface area contributed by atoms with Crippen molar-refractivity contribution in [3.05, 3.63) is 0 Å². The lowest BCUT2D eigenvalue weighted by Crippen LogP contribution is -2.32. The highest BCUT2D eigenvalue weighted by Gasteiger charge is 2.25. The van der Waals surface area contributed by atoms with E-state index in [0.717, 1.165) is 32.1 Å². The summed E-state index contributed by atoms with van der Waals surface area (Å²) in [6, 6.07) is 0. The number of hydrogen-bond donors (Lipinski definition) is 0. The predicted molar refractivity (Wildman–Crippen MR) is 67.9 cm³/mol. The average Bonchev–Trinajstić information content (AvgIpc) is 2.36. The molecular formula is C14H26O3. The molecule has 0 aromatic rings. The molecule has 1 fully saturated rings. The molecule has 3 heteroatoms. The zero-order chi connectivity index (χ0) is 12.5. The van der Waals surface area contributed by atoms with E-state index in [9.17, 15) is 4.79 Å². The van der Waals surface area contributed by atoms with Crippen LogP contribution in [0.3, 0.4) is 0 Å². The van der Waals surface area contributed by atoms with Gasteiger partial charge in [0.05, 0.1) is 12.7 Å². The van der Waals surface area contributed by atoms with Gasteiger partial charge in [-0.2, -0.15) is 0 Å². The van der Waals surface area contributed by atoms with E-state index in [-0.39, 0.29) is 18.2 Å². The SMILES string of the molecule is CCCCC(OC1CCCCC1)C(=O)OCC. The molecule has 0 saturated heterocycles. The fraction of sp³-hybridized carbons (Fsp3) is 0.929. The molecule has 1 unspecified atom stereocenters. The van der Waals surface area contributed by atoms with Gasteiger partial charge in [0.1, 0.15) is 0 Å². The molecule has 17 heavy (non-hydrogen) atoms. The lowest BCUT2D eigenvalue weighted by molar-refractivity contribution is -0.162. The van der Waals surface area contributed by atoms with Gasteiger partial charge in [0, 0.05) is 0 Å². The Morgan fingerprint density at radius 3 is 2.53 bits per heavy atom. The molecule has 1 rings (SSSR count). The van der Waals surface area contributed by atoms with E-state index in [1.54, 1.807) is 0 Å². The predicted octanol–water partition coefficient (Wildman–Crippen LogP) is 3.46. The van der Waals surface area contributed by atoms with Gasteiger partial charge in [0.15, 0.2) is 6.10 Å². The number of carbonyl (C=O) groups excluding carboxylic acids is 1. The standard InChI is InChI=1S/C14H26O3/c1-3-5-11-13(14(15)16-4-2)17-12-9-7-6-8-10-12/h12-13H,3-11H2,1-2H3. The molecule has 1 saturated carbocycles. The molecule has 100 valence electrons. The second-order valence-corrected chi connectivity index (χ2v) is 4.78. The minimum Gasteiger partial charge on any atom is -0.464 e. The van der Waals surface area contributed by atoms with Crippen LogP contribution in [0.25, 0.3) is 0 Å². The molecule has 0 radical (unpaired) electrons. The van der Waals surface area contributed by atoms with Crippen molar-refractivity contribution in [2.45, 2.75) is 77.4 Å². The Balaban J connectivity index is 2.40. The first-order valence-corrected chi connectivity index (χ1v) is 7.10. The maximum Gasteiger partial charge on any atom is 0.335 e. The fourth-order valence-electron chi connectivity index (χ4n) is 2.30. The highest BCUT2D eigenvalue weighted by atomic mass is 16.6. The Morgan fingerprint density at radius 1 is 1.24 bits per heavy atom. The summed E-state index contributed by atoms with van der Waals surface area (Å²) in [4.78, 5) is 11.8. The summed E-state index contributed by atoms with van der Waals surface area (Å²) >= 11 is 0. The van der Waals surface area contributed by atoms with Gasteiger partial charge in [-0.1, -0.05) is 39.0 Å². The molecule has 0 spiro atoms. The molecule has 0 aromatic carbocycles. The third kappa shape index (κ3) is 5.53. The Kier molecular flexibility index (Phi) is 7.25. The topological polar surface area (TPSA) is 35.5 Å². The van der Waals surface area contributed by atoms with Crippen LogP contribution in [0.1, 0.15) is 65.2 Å². The average molecular weight is 242 g/mol. The van der Waals surface area contributed by atoms with Crippen molar-refractivity contribution in [2.75, 3.05) is 6.61 Å². The summed E-state index contributed by atoms with van der Waals surface area (Å²) < 4.78 is 11.0. The second-order valence-electron chi connectivity index (χ2n) is 4.78. The number of hydrogen-bond acceptors (Lipinski definition) is 3. The Hall–Kier alpha value is -0.570. The number of ether oxygens (including phenoxy) is 2. The van der Waals surface area contributed by atoms with Crippen LogP contribution >= 0.6 is 0 Å². The second kappa shape index (κ2) is 8.51. The van der Waals surface area contributed by atoms with Crippen LogP contribution in [0, 0.1) is 0 Å². The van der Waals surface area contributed by atoms with E-state index in [2.05, 4.69) is 6.92 Å². The van der Waals surface area contributed by atoms with Gasteiger partial charge in [-0.15, -0.1) is 0 Å². The van der Waals surface area contributed by atoms with Crippen LogP contribution in [-0.2, 0) is 14.3 Å². The third-order valence-corrected chi connectivity index (χ3v) is 3.28. The molecule has 3 nitrogen and oxygen atoms in total. The smallest absolute Gasteiger partial charge is 0.335 e. The largest absolute Gasteiger partial charge is 0.464 e. The van der Waals surface area contributed by atoms with Crippen molar-refractivity contribution in [3.63, 3.8) is 0 Å². The number of rotatable bonds is 7. The molecular weight excluding hydrogens is 216 g/mol. The molecule has 0 bridgehead atoms. The highest BCUT2D eigenvalue weighted by Crippen LogP contribution is 2.23. The maximum atomic E-state index is 11.8. The van der Waals surface area contributed by atoms with E-state index in [1.807, 2.05) is 6.92 Å². The zero-order valence-electron chi connectivity index (χ0n) is 11.2. The Morgan fingerprint density at radius 2 is 1.94 bits per heavy atom. The van der Waals surface area contributed by atoms with E-state index in [1.165, 1.54) is 19.3 Å². The van der Waals surface area contributed by atoms with Crippen molar-refractivity contribution in [1.82, 2.24) is 0 Å². The minimum absolute atomic E-state index is 0.175. The molecule has 0 aliphatic heterocycles. The van der Waals surface area contributed by atoms with Crippen LogP contribution in [0.5, 0.6) is 0 Å². The van der Waals surface area contributed by atoms with Crippen molar-refractivity contribution < 1.29 is 14.3 Å². The van der Waals surface area contributed by atoms with Crippen LogP contribution in [-0.4, -0.2) is 24.8 Å². The number of esters is 1. The Bertz CT molecular complexity index is 210. The zero-order valence-corrected chi connectivity index (χ0v) is 11.2.